The lowest BCUT2D eigenvalue weighted by Crippen LogP contribution is -2.25. The molecule has 15 heavy (non-hydrogen) atoms. The Kier molecular flexibility index (Phi) is 3.17. The molecule has 1 aliphatic rings. The fourth-order valence-electron chi connectivity index (χ4n) is 2.23. The van der Waals surface area contributed by atoms with E-state index in [1.807, 2.05) is 30.3 Å². The molecular formula is C13H16O2. The second-order valence-electron chi connectivity index (χ2n) is 4.17. The first-order chi connectivity index (χ1) is 7.29. The van der Waals surface area contributed by atoms with Crippen LogP contribution in [0.3, 0.4) is 0 Å². The molecule has 0 heterocycles. The lowest BCUT2D eigenvalue weighted by atomic mass is 9.82. The van der Waals surface area contributed by atoms with Gasteiger partial charge in [0, 0.05) is 12.3 Å². The number of hydrogen-bond acceptors (Lipinski definition) is 2. The van der Waals surface area contributed by atoms with Crippen molar-refractivity contribution < 1.29 is 9.90 Å². The number of benzene rings is 1. The zero-order chi connectivity index (χ0) is 10.7. The summed E-state index contributed by atoms with van der Waals surface area (Å²) >= 11 is 0. The Labute approximate surface area is 89.9 Å². The predicted octanol–water partition coefficient (Wildman–Crippen LogP) is 2.48. The number of carbonyl (C=O) groups excluding carboxylic acids is 1. The predicted molar refractivity (Wildman–Crippen MR) is 58.4 cm³/mol. The van der Waals surface area contributed by atoms with Crippen molar-refractivity contribution in [3.8, 4) is 0 Å². The van der Waals surface area contributed by atoms with Crippen molar-refractivity contribution in [1.82, 2.24) is 0 Å². The maximum absolute atomic E-state index is 11.6. The van der Waals surface area contributed by atoms with Gasteiger partial charge in [-0.3, -0.25) is 4.79 Å². The molecule has 1 aromatic carbocycles. The van der Waals surface area contributed by atoms with Gasteiger partial charge in [0.15, 0.2) is 0 Å². The monoisotopic (exact) mass is 204 g/mol. The van der Waals surface area contributed by atoms with E-state index in [9.17, 15) is 9.90 Å². The molecule has 0 bridgehead atoms. The Morgan fingerprint density at radius 1 is 1.20 bits per heavy atom. The van der Waals surface area contributed by atoms with Gasteiger partial charge >= 0.3 is 0 Å². The number of ketones is 1. The summed E-state index contributed by atoms with van der Waals surface area (Å²) < 4.78 is 0. The van der Waals surface area contributed by atoms with E-state index in [0.29, 0.717) is 6.42 Å². The van der Waals surface area contributed by atoms with Crippen molar-refractivity contribution in [2.24, 2.45) is 5.92 Å². The van der Waals surface area contributed by atoms with Crippen LogP contribution in [-0.4, -0.2) is 10.9 Å². The summed E-state index contributed by atoms with van der Waals surface area (Å²) in [6.07, 6.45) is 2.89. The largest absolute Gasteiger partial charge is 0.388 e. The van der Waals surface area contributed by atoms with Crippen LogP contribution < -0.4 is 0 Å². The summed E-state index contributed by atoms with van der Waals surface area (Å²) in [6.45, 7) is 0. The summed E-state index contributed by atoms with van der Waals surface area (Å²) in [5.74, 6) is 0.0405. The molecule has 0 amide bonds. The third-order valence-corrected chi connectivity index (χ3v) is 3.12. The first-order valence-corrected chi connectivity index (χ1v) is 5.55. The standard InChI is InChI=1S/C13H16O2/c14-12-9-5-4-8-11(12)13(15)10-6-2-1-3-7-10/h1-3,6-7,11,13,15H,4-5,8-9H2/t11?,13-/m0/s1. The van der Waals surface area contributed by atoms with Gasteiger partial charge in [0.25, 0.3) is 0 Å². The van der Waals surface area contributed by atoms with Gasteiger partial charge in [-0.05, 0) is 18.4 Å². The van der Waals surface area contributed by atoms with E-state index in [1.54, 1.807) is 0 Å². The van der Waals surface area contributed by atoms with Gasteiger partial charge in [0.1, 0.15) is 5.78 Å². The van der Waals surface area contributed by atoms with Crippen molar-refractivity contribution in [2.45, 2.75) is 31.8 Å². The highest BCUT2D eigenvalue weighted by Crippen LogP contribution is 2.31. The summed E-state index contributed by atoms with van der Waals surface area (Å²) in [5, 5.41) is 10.1. The lowest BCUT2D eigenvalue weighted by Gasteiger charge is -2.25. The molecule has 0 aromatic heterocycles. The molecule has 80 valence electrons. The van der Waals surface area contributed by atoms with Crippen LogP contribution in [0.15, 0.2) is 30.3 Å². The highest BCUT2D eigenvalue weighted by Gasteiger charge is 2.29. The SMILES string of the molecule is O=C1CCCCC1[C@@H](O)c1ccccc1. The van der Waals surface area contributed by atoms with Crippen LogP contribution in [0.25, 0.3) is 0 Å². The molecule has 0 aliphatic heterocycles. The molecule has 0 saturated heterocycles. The number of aliphatic hydroxyl groups excluding tert-OH is 1. The van der Waals surface area contributed by atoms with Gasteiger partial charge < -0.3 is 5.11 Å². The third-order valence-electron chi connectivity index (χ3n) is 3.12. The molecule has 2 atom stereocenters. The lowest BCUT2D eigenvalue weighted by molar-refractivity contribution is -0.128. The fourth-order valence-corrected chi connectivity index (χ4v) is 2.23. The van der Waals surface area contributed by atoms with Crippen molar-refractivity contribution in [3.63, 3.8) is 0 Å². The van der Waals surface area contributed by atoms with Crippen LogP contribution in [0.4, 0.5) is 0 Å². The minimum atomic E-state index is -0.612. The molecule has 1 saturated carbocycles. The van der Waals surface area contributed by atoms with E-state index in [-0.39, 0.29) is 11.7 Å². The van der Waals surface area contributed by atoms with Gasteiger partial charge in [-0.1, -0.05) is 36.8 Å². The summed E-state index contributed by atoms with van der Waals surface area (Å²) in [6, 6.07) is 9.47. The molecular weight excluding hydrogens is 188 g/mol. The number of Topliss-reactive ketones (excluding diaryl/α,β-unsaturated/α-hetero) is 1. The van der Waals surface area contributed by atoms with E-state index < -0.39 is 6.10 Å². The molecule has 0 radical (unpaired) electrons. The van der Waals surface area contributed by atoms with Crippen molar-refractivity contribution >= 4 is 5.78 Å². The van der Waals surface area contributed by atoms with E-state index in [2.05, 4.69) is 0 Å². The molecule has 2 heteroatoms. The van der Waals surface area contributed by atoms with Crippen LogP contribution >= 0.6 is 0 Å². The summed E-state index contributed by atoms with van der Waals surface area (Å²) in [4.78, 5) is 11.6. The van der Waals surface area contributed by atoms with Crippen LogP contribution in [0.1, 0.15) is 37.4 Å². The van der Waals surface area contributed by atoms with Gasteiger partial charge in [-0.2, -0.15) is 0 Å². The van der Waals surface area contributed by atoms with Crippen LogP contribution in [0, 0.1) is 5.92 Å². The van der Waals surface area contributed by atoms with E-state index >= 15 is 0 Å². The van der Waals surface area contributed by atoms with Crippen LogP contribution in [0.5, 0.6) is 0 Å². The van der Waals surface area contributed by atoms with E-state index in [4.69, 9.17) is 0 Å². The molecule has 1 fully saturated rings. The van der Waals surface area contributed by atoms with Gasteiger partial charge in [0.2, 0.25) is 0 Å². The summed E-state index contributed by atoms with van der Waals surface area (Å²) in [5.41, 5.74) is 0.859. The number of carbonyl (C=O) groups is 1. The molecule has 1 unspecified atom stereocenters. The molecule has 1 aromatic rings. The Morgan fingerprint density at radius 2 is 1.93 bits per heavy atom. The minimum Gasteiger partial charge on any atom is -0.388 e. The first-order valence-electron chi connectivity index (χ1n) is 5.55. The summed E-state index contributed by atoms with van der Waals surface area (Å²) in [7, 11) is 0. The quantitative estimate of drug-likeness (QED) is 0.803. The molecule has 1 N–H and O–H groups in total. The number of aliphatic hydroxyl groups is 1. The maximum Gasteiger partial charge on any atom is 0.138 e. The second kappa shape index (κ2) is 4.58. The topological polar surface area (TPSA) is 37.3 Å². The molecule has 2 rings (SSSR count). The molecule has 0 spiro atoms. The highest BCUT2D eigenvalue weighted by molar-refractivity contribution is 5.82. The van der Waals surface area contributed by atoms with Gasteiger partial charge in [-0.25, -0.2) is 0 Å². The number of rotatable bonds is 2. The number of hydrogen-bond donors (Lipinski definition) is 1. The zero-order valence-electron chi connectivity index (χ0n) is 8.73. The average molecular weight is 204 g/mol. The Bertz CT molecular complexity index is 332. The Balaban J connectivity index is 2.13. The highest BCUT2D eigenvalue weighted by atomic mass is 16.3. The smallest absolute Gasteiger partial charge is 0.138 e. The van der Waals surface area contributed by atoms with E-state index in [0.717, 1.165) is 24.8 Å². The van der Waals surface area contributed by atoms with Gasteiger partial charge in [0.05, 0.1) is 6.10 Å². The normalized spacial score (nSPS) is 23.8. The molecule has 1 aliphatic carbocycles. The van der Waals surface area contributed by atoms with Crippen molar-refractivity contribution in [3.05, 3.63) is 35.9 Å². The van der Waals surface area contributed by atoms with Crippen molar-refractivity contribution in [1.29, 1.82) is 0 Å². The minimum absolute atomic E-state index is 0.179. The van der Waals surface area contributed by atoms with Gasteiger partial charge in [-0.15, -0.1) is 0 Å². The second-order valence-corrected chi connectivity index (χ2v) is 4.17. The fraction of sp³-hybridized carbons (Fsp3) is 0.462. The first kappa shape index (κ1) is 10.4. The van der Waals surface area contributed by atoms with E-state index in [1.165, 1.54) is 0 Å². The maximum atomic E-state index is 11.6. The van der Waals surface area contributed by atoms with Crippen LogP contribution in [0.2, 0.25) is 0 Å². The Hall–Kier alpha value is -1.15. The Morgan fingerprint density at radius 3 is 2.60 bits per heavy atom. The zero-order valence-corrected chi connectivity index (χ0v) is 8.73. The molecule has 2 nitrogen and oxygen atoms in total. The van der Waals surface area contributed by atoms with Crippen LogP contribution in [-0.2, 0) is 4.79 Å². The van der Waals surface area contributed by atoms with Crippen molar-refractivity contribution in [2.75, 3.05) is 0 Å². The average Bonchev–Trinajstić information content (AvgIpc) is 2.30. The third kappa shape index (κ3) is 2.26.